The average molecular weight is 455 g/mol. The highest BCUT2D eigenvalue weighted by molar-refractivity contribution is 7.97. The number of halogens is 2. The number of rotatable bonds is 4. The first-order valence-electron chi connectivity index (χ1n) is 9.28. The zero-order valence-electron chi connectivity index (χ0n) is 16.0. The topological polar surface area (TPSA) is 81.3 Å². The first-order valence-corrected chi connectivity index (χ1v) is 10.8. The molecule has 31 heavy (non-hydrogen) atoms. The van der Waals surface area contributed by atoms with Crippen LogP contribution in [-0.2, 0) is 17.9 Å². The van der Waals surface area contributed by atoms with Crippen molar-refractivity contribution < 1.29 is 18.5 Å². The Morgan fingerprint density at radius 3 is 2.52 bits per heavy atom. The second kappa shape index (κ2) is 8.93. The minimum Gasteiger partial charge on any atom is -0.588 e. The van der Waals surface area contributed by atoms with Gasteiger partial charge in [-0.2, -0.15) is 0 Å². The molecule has 0 bridgehead atoms. The van der Waals surface area contributed by atoms with Crippen molar-refractivity contribution in [3.8, 4) is 0 Å². The van der Waals surface area contributed by atoms with Crippen molar-refractivity contribution in [2.75, 3.05) is 4.72 Å². The Bertz CT molecular complexity index is 1180. The number of benzene rings is 3. The molecule has 8 heteroatoms. The van der Waals surface area contributed by atoms with Crippen LogP contribution in [0.25, 0.3) is 6.08 Å². The summed E-state index contributed by atoms with van der Waals surface area (Å²) in [5.74, 6) is -1.15. The molecule has 0 saturated carbocycles. The average Bonchev–Trinajstić information content (AvgIpc) is 2.77. The van der Waals surface area contributed by atoms with Gasteiger partial charge in [-0.1, -0.05) is 35.9 Å². The normalized spacial score (nSPS) is 16.5. The fourth-order valence-electron chi connectivity index (χ4n) is 3.05. The van der Waals surface area contributed by atoms with Crippen LogP contribution in [0, 0.1) is 5.82 Å². The van der Waals surface area contributed by atoms with Crippen LogP contribution >= 0.6 is 11.6 Å². The molecule has 1 aliphatic heterocycles. The summed E-state index contributed by atoms with van der Waals surface area (Å²) < 4.78 is 28.3. The van der Waals surface area contributed by atoms with E-state index in [4.69, 9.17) is 11.6 Å². The Balaban J connectivity index is 1.55. The van der Waals surface area contributed by atoms with Gasteiger partial charge < -0.3 is 9.87 Å². The molecule has 0 saturated heterocycles. The predicted octanol–water partition coefficient (Wildman–Crippen LogP) is 4.72. The zero-order valence-corrected chi connectivity index (χ0v) is 17.6. The lowest BCUT2D eigenvalue weighted by Gasteiger charge is -2.21. The number of ketones is 1. The molecule has 3 aromatic carbocycles. The number of hydrogen-bond acceptors (Lipinski definition) is 4. The molecule has 156 valence electrons. The van der Waals surface area contributed by atoms with E-state index in [1.54, 1.807) is 48.5 Å². The van der Waals surface area contributed by atoms with Crippen molar-refractivity contribution in [3.05, 3.63) is 105 Å². The molecule has 0 spiro atoms. The van der Waals surface area contributed by atoms with Gasteiger partial charge in [-0.3, -0.25) is 9.59 Å². The molecule has 4 rings (SSSR count). The van der Waals surface area contributed by atoms with Gasteiger partial charge in [0.1, 0.15) is 17.2 Å². The molecule has 0 radical (unpaired) electrons. The number of hydrogen-bond donors (Lipinski definition) is 2. The van der Waals surface area contributed by atoms with E-state index < -0.39 is 17.1 Å². The zero-order chi connectivity index (χ0) is 22.0. The van der Waals surface area contributed by atoms with Crippen LogP contribution in [0.1, 0.15) is 31.8 Å². The first kappa shape index (κ1) is 21.1. The maximum Gasteiger partial charge on any atom is 0.251 e. The third-order valence-corrected chi connectivity index (χ3v) is 6.05. The van der Waals surface area contributed by atoms with Crippen molar-refractivity contribution in [1.29, 1.82) is 0 Å². The van der Waals surface area contributed by atoms with Crippen LogP contribution in [0.5, 0.6) is 0 Å². The van der Waals surface area contributed by atoms with Crippen molar-refractivity contribution in [3.63, 3.8) is 0 Å². The first-order chi connectivity index (χ1) is 14.9. The lowest BCUT2D eigenvalue weighted by molar-refractivity contribution is 0.0951. The number of anilines is 1. The van der Waals surface area contributed by atoms with Crippen LogP contribution in [0.3, 0.4) is 0 Å². The maximum atomic E-state index is 13.0. The Labute approximate surface area is 186 Å². The molecular formula is C23H16ClFN2O3S. The molecule has 2 N–H and O–H groups in total. The molecule has 3 aromatic rings. The van der Waals surface area contributed by atoms with E-state index in [1.807, 2.05) is 0 Å². The number of nitrogens with one attached hydrogen (secondary N) is 2. The molecule has 1 atom stereocenters. The Kier molecular flexibility index (Phi) is 6.08. The quantitative estimate of drug-likeness (QED) is 0.441. The standard InChI is InChI=1S/C23H16ClFN2O3S/c24-17-6-1-14(2-7-17)11-21-22(28)19-12-16(5-10-20(19)27-31(21)30)23(29)26-13-15-3-8-18(25)9-4-15/h1-12,27H,13H2,(H,26,29)/b21-11+. The summed E-state index contributed by atoms with van der Waals surface area (Å²) in [4.78, 5) is 25.6. The van der Waals surface area contributed by atoms with Gasteiger partial charge in [0.25, 0.3) is 5.91 Å². The van der Waals surface area contributed by atoms with Gasteiger partial charge in [-0.05, 0) is 53.6 Å². The number of Topliss-reactive ketones (excluding diaryl/α,β-unsaturated/α-hetero) is 1. The summed E-state index contributed by atoms with van der Waals surface area (Å²) in [6.45, 7) is 0.216. The van der Waals surface area contributed by atoms with Crippen LogP contribution in [0.15, 0.2) is 71.6 Å². The van der Waals surface area contributed by atoms with Gasteiger partial charge in [-0.15, -0.1) is 0 Å². The fraction of sp³-hybridized carbons (Fsp3) is 0.0435. The molecule has 0 aliphatic carbocycles. The largest absolute Gasteiger partial charge is 0.588 e. The molecule has 0 fully saturated rings. The summed E-state index contributed by atoms with van der Waals surface area (Å²) in [6, 6.07) is 17.2. The Hall–Kier alpha value is -3.13. The van der Waals surface area contributed by atoms with Crippen molar-refractivity contribution >= 4 is 46.4 Å². The molecule has 1 amide bonds. The van der Waals surface area contributed by atoms with Crippen LogP contribution in [0.2, 0.25) is 5.02 Å². The van der Waals surface area contributed by atoms with E-state index in [0.29, 0.717) is 16.3 Å². The molecular weight excluding hydrogens is 439 g/mol. The summed E-state index contributed by atoms with van der Waals surface area (Å²) in [5, 5.41) is 3.29. The van der Waals surface area contributed by atoms with Crippen molar-refractivity contribution in [1.82, 2.24) is 5.32 Å². The van der Waals surface area contributed by atoms with Gasteiger partial charge >= 0.3 is 0 Å². The van der Waals surface area contributed by atoms with E-state index >= 15 is 0 Å². The molecule has 0 aromatic heterocycles. The summed E-state index contributed by atoms with van der Waals surface area (Å²) in [7, 11) is 0. The summed E-state index contributed by atoms with van der Waals surface area (Å²) >= 11 is 4.16. The lowest BCUT2D eigenvalue weighted by Crippen LogP contribution is -2.28. The van der Waals surface area contributed by atoms with E-state index in [0.717, 1.165) is 5.56 Å². The second-order valence-electron chi connectivity index (χ2n) is 6.83. The van der Waals surface area contributed by atoms with E-state index in [-0.39, 0.29) is 34.3 Å². The van der Waals surface area contributed by atoms with Gasteiger partial charge in [0.15, 0.2) is 0 Å². The number of carbonyl (C=O) groups is 2. The monoisotopic (exact) mass is 454 g/mol. The number of carbonyl (C=O) groups excluding carboxylic acids is 2. The minimum atomic E-state index is -1.73. The molecule has 5 nitrogen and oxygen atoms in total. The van der Waals surface area contributed by atoms with Crippen molar-refractivity contribution in [2.45, 2.75) is 6.54 Å². The predicted molar refractivity (Wildman–Crippen MR) is 120 cm³/mol. The summed E-state index contributed by atoms with van der Waals surface area (Å²) in [6.07, 6.45) is 1.53. The highest BCUT2D eigenvalue weighted by atomic mass is 35.5. The number of amides is 1. The number of fused-ring (bicyclic) bond motifs is 1. The van der Waals surface area contributed by atoms with Crippen molar-refractivity contribution in [2.24, 2.45) is 0 Å². The van der Waals surface area contributed by atoms with Crippen LogP contribution in [-0.4, -0.2) is 16.2 Å². The second-order valence-corrected chi connectivity index (χ2v) is 8.45. The highest BCUT2D eigenvalue weighted by Gasteiger charge is 2.34. The third kappa shape index (κ3) is 4.80. The molecule has 1 heterocycles. The van der Waals surface area contributed by atoms with Gasteiger partial charge in [0.05, 0.1) is 11.3 Å². The minimum absolute atomic E-state index is 0.0821. The van der Waals surface area contributed by atoms with Gasteiger partial charge in [-0.25, -0.2) is 9.11 Å². The van der Waals surface area contributed by atoms with E-state index in [2.05, 4.69) is 10.0 Å². The van der Waals surface area contributed by atoms with Crippen LogP contribution in [0.4, 0.5) is 10.1 Å². The third-order valence-electron chi connectivity index (χ3n) is 4.69. The van der Waals surface area contributed by atoms with Gasteiger partial charge in [0, 0.05) is 23.2 Å². The highest BCUT2D eigenvalue weighted by Crippen LogP contribution is 2.31. The maximum absolute atomic E-state index is 13.0. The molecule has 1 aliphatic rings. The van der Waals surface area contributed by atoms with Crippen LogP contribution < -0.4 is 10.0 Å². The van der Waals surface area contributed by atoms with E-state index in [9.17, 15) is 18.5 Å². The number of allylic oxidation sites excluding steroid dienone is 1. The fourth-order valence-corrected chi connectivity index (χ4v) is 4.19. The Morgan fingerprint density at radius 1 is 1.10 bits per heavy atom. The smallest absolute Gasteiger partial charge is 0.251 e. The summed E-state index contributed by atoms with van der Waals surface area (Å²) in [5.41, 5.74) is 2.36. The van der Waals surface area contributed by atoms with E-state index in [1.165, 1.54) is 24.3 Å². The molecule has 1 unspecified atom stereocenters. The van der Waals surface area contributed by atoms with Gasteiger partial charge in [0.2, 0.25) is 10.7 Å². The Morgan fingerprint density at radius 2 is 1.81 bits per heavy atom. The SMILES string of the molecule is O=C(NCc1ccc(F)cc1)c1ccc2c(c1)C(=O)/C(=C\c1ccc(Cl)cc1)[S+]([O-])N2. The lowest BCUT2D eigenvalue weighted by atomic mass is 10.0.